The molecule has 0 saturated heterocycles. The fourth-order valence-electron chi connectivity index (χ4n) is 1.01. The number of rotatable bonds is 5. The molecule has 0 rings (SSSR count). The molecule has 0 bridgehead atoms. The second kappa shape index (κ2) is 5.61. The minimum Gasteiger partial charge on any atom is -0.378 e. The first-order valence-corrected chi connectivity index (χ1v) is 4.66. The number of carbonyl (C=O) groups excluding carboxylic acids is 1. The molecule has 4 heteroatoms. The predicted octanol–water partition coefficient (Wildman–Crippen LogP) is 1.17. The van der Waals surface area contributed by atoms with Crippen LogP contribution in [0.2, 0.25) is 0 Å². The van der Waals surface area contributed by atoms with Gasteiger partial charge in [-0.25, -0.2) is 0 Å². The highest BCUT2D eigenvalue weighted by molar-refractivity contribution is 5.77. The van der Waals surface area contributed by atoms with Crippen LogP contribution in [0.1, 0.15) is 27.2 Å². The lowest BCUT2D eigenvalue weighted by molar-refractivity contribution is -0.135. The van der Waals surface area contributed by atoms with E-state index in [2.05, 4.69) is 0 Å². The molecule has 0 aromatic rings. The molecule has 1 amide bonds. The lowest BCUT2D eigenvalue weighted by atomic mass is 10.0. The van der Waals surface area contributed by atoms with Gasteiger partial charge in [0.05, 0.1) is 18.1 Å². The van der Waals surface area contributed by atoms with Gasteiger partial charge >= 0.3 is 0 Å². The van der Waals surface area contributed by atoms with Crippen LogP contribution in [-0.2, 0) is 9.53 Å². The summed E-state index contributed by atoms with van der Waals surface area (Å²) in [6.45, 7) is 6.27. The summed E-state index contributed by atoms with van der Waals surface area (Å²) < 4.78 is 5.15. The maximum absolute atomic E-state index is 11.6. The van der Waals surface area contributed by atoms with E-state index in [0.29, 0.717) is 13.0 Å². The third kappa shape index (κ3) is 4.24. The average Bonchev–Trinajstić information content (AvgIpc) is 2.13. The zero-order chi connectivity index (χ0) is 11.2. The first-order chi connectivity index (χ1) is 6.46. The molecule has 0 saturated carbocycles. The molecule has 0 aromatic carbocycles. The molecule has 0 radical (unpaired) electrons. The molecule has 0 aliphatic heterocycles. The summed E-state index contributed by atoms with van der Waals surface area (Å²) >= 11 is 0. The highest BCUT2D eigenvalue weighted by atomic mass is 16.5. The first kappa shape index (κ1) is 12.9. The van der Waals surface area contributed by atoms with E-state index in [1.807, 2.05) is 26.8 Å². The van der Waals surface area contributed by atoms with Crippen LogP contribution in [0.15, 0.2) is 0 Å². The summed E-state index contributed by atoms with van der Waals surface area (Å²) in [5.41, 5.74) is -0.458. The summed E-state index contributed by atoms with van der Waals surface area (Å²) in [5.74, 6) is -0.0408. The molecule has 0 spiro atoms. The van der Waals surface area contributed by atoms with Crippen molar-refractivity contribution in [3.05, 3.63) is 0 Å². The Bertz CT molecular complexity index is 231. The van der Waals surface area contributed by atoms with Gasteiger partial charge in [-0.3, -0.25) is 4.79 Å². The van der Waals surface area contributed by atoms with Gasteiger partial charge in [-0.1, -0.05) is 0 Å². The van der Waals surface area contributed by atoms with Crippen LogP contribution >= 0.6 is 0 Å². The summed E-state index contributed by atoms with van der Waals surface area (Å²) in [6.07, 6.45) is 0.305. The maximum atomic E-state index is 11.6. The van der Waals surface area contributed by atoms with E-state index in [4.69, 9.17) is 10.00 Å². The van der Waals surface area contributed by atoms with Gasteiger partial charge < -0.3 is 9.64 Å². The Balaban J connectivity index is 4.25. The highest BCUT2D eigenvalue weighted by Gasteiger charge is 2.23. The van der Waals surface area contributed by atoms with Crippen molar-refractivity contribution in [2.45, 2.75) is 32.8 Å². The number of ether oxygens (including phenoxy) is 1. The molecule has 0 N–H and O–H groups in total. The van der Waals surface area contributed by atoms with Gasteiger partial charge in [0.25, 0.3) is 0 Å². The molecular formula is C10H18N2O2. The minimum absolute atomic E-state index is 0.0408. The molecular weight excluding hydrogens is 180 g/mol. The van der Waals surface area contributed by atoms with Gasteiger partial charge in [0.1, 0.15) is 6.54 Å². The van der Waals surface area contributed by atoms with Crippen LogP contribution in [0, 0.1) is 11.3 Å². The number of methoxy groups -OCH3 is 1. The van der Waals surface area contributed by atoms with E-state index < -0.39 is 5.60 Å². The Kier molecular flexibility index (Phi) is 5.18. The van der Waals surface area contributed by atoms with Crippen LogP contribution in [0.5, 0.6) is 0 Å². The normalized spacial score (nSPS) is 10.8. The summed E-state index contributed by atoms with van der Waals surface area (Å²) in [5, 5.41) is 8.50. The molecule has 0 fully saturated rings. The van der Waals surface area contributed by atoms with Gasteiger partial charge in [0.15, 0.2) is 0 Å². The number of nitrogens with zero attached hydrogens (tertiary/aromatic N) is 2. The van der Waals surface area contributed by atoms with Gasteiger partial charge in [0.2, 0.25) is 5.91 Å². The summed E-state index contributed by atoms with van der Waals surface area (Å²) in [7, 11) is 1.58. The van der Waals surface area contributed by atoms with Gasteiger partial charge in [-0.15, -0.1) is 0 Å². The smallest absolute Gasteiger partial charge is 0.226 e. The standard InChI is InChI=1S/C10H18N2O2/c1-5-12(7-6-11)9(13)8-10(2,3)14-4/h5,7-8H2,1-4H3. The van der Waals surface area contributed by atoms with E-state index in [1.165, 1.54) is 4.90 Å². The fourth-order valence-corrected chi connectivity index (χ4v) is 1.01. The second-order valence-electron chi connectivity index (χ2n) is 3.71. The van der Waals surface area contributed by atoms with Crippen molar-refractivity contribution in [3.63, 3.8) is 0 Å². The summed E-state index contributed by atoms with van der Waals surface area (Å²) in [6, 6.07) is 1.97. The highest BCUT2D eigenvalue weighted by Crippen LogP contribution is 2.14. The monoisotopic (exact) mass is 198 g/mol. The zero-order valence-corrected chi connectivity index (χ0v) is 9.33. The van der Waals surface area contributed by atoms with Crippen molar-refractivity contribution < 1.29 is 9.53 Å². The van der Waals surface area contributed by atoms with Crippen LogP contribution in [-0.4, -0.2) is 36.6 Å². The van der Waals surface area contributed by atoms with E-state index in [9.17, 15) is 4.79 Å². The third-order valence-electron chi connectivity index (χ3n) is 2.13. The zero-order valence-electron chi connectivity index (χ0n) is 9.33. The van der Waals surface area contributed by atoms with Crippen LogP contribution in [0.4, 0.5) is 0 Å². The topological polar surface area (TPSA) is 53.3 Å². The quantitative estimate of drug-likeness (QED) is 0.623. The van der Waals surface area contributed by atoms with Gasteiger partial charge in [0, 0.05) is 13.7 Å². The number of nitriles is 1. The molecule has 14 heavy (non-hydrogen) atoms. The Morgan fingerprint density at radius 1 is 1.57 bits per heavy atom. The molecule has 0 atom stereocenters. The molecule has 4 nitrogen and oxygen atoms in total. The van der Waals surface area contributed by atoms with Crippen molar-refractivity contribution in [1.82, 2.24) is 4.90 Å². The lowest BCUT2D eigenvalue weighted by Gasteiger charge is -2.25. The van der Waals surface area contributed by atoms with Gasteiger partial charge in [-0.05, 0) is 20.8 Å². The SMILES string of the molecule is CCN(CC#N)C(=O)CC(C)(C)OC. The first-order valence-electron chi connectivity index (χ1n) is 4.66. The van der Waals surface area contributed by atoms with Crippen molar-refractivity contribution in [2.75, 3.05) is 20.2 Å². The second-order valence-corrected chi connectivity index (χ2v) is 3.71. The van der Waals surface area contributed by atoms with Crippen LogP contribution in [0.25, 0.3) is 0 Å². The molecule has 0 heterocycles. The molecule has 0 aliphatic carbocycles. The van der Waals surface area contributed by atoms with Crippen molar-refractivity contribution >= 4 is 5.91 Å². The Hall–Kier alpha value is -1.08. The molecule has 80 valence electrons. The molecule has 0 aliphatic rings. The summed E-state index contributed by atoms with van der Waals surface area (Å²) in [4.78, 5) is 13.1. The Morgan fingerprint density at radius 2 is 2.14 bits per heavy atom. The van der Waals surface area contributed by atoms with Crippen molar-refractivity contribution in [1.29, 1.82) is 5.26 Å². The third-order valence-corrected chi connectivity index (χ3v) is 2.13. The number of amides is 1. The molecule has 0 unspecified atom stereocenters. The molecule has 0 aromatic heterocycles. The predicted molar refractivity (Wildman–Crippen MR) is 53.6 cm³/mol. The Labute approximate surface area is 85.5 Å². The van der Waals surface area contributed by atoms with E-state index in [0.717, 1.165) is 0 Å². The number of carbonyl (C=O) groups is 1. The fraction of sp³-hybridized carbons (Fsp3) is 0.800. The number of hydrogen-bond acceptors (Lipinski definition) is 3. The van der Waals surface area contributed by atoms with E-state index >= 15 is 0 Å². The maximum Gasteiger partial charge on any atom is 0.226 e. The average molecular weight is 198 g/mol. The van der Waals surface area contributed by atoms with Crippen LogP contribution < -0.4 is 0 Å². The van der Waals surface area contributed by atoms with E-state index in [1.54, 1.807) is 7.11 Å². The van der Waals surface area contributed by atoms with E-state index in [-0.39, 0.29) is 12.5 Å². The number of hydrogen-bond donors (Lipinski definition) is 0. The van der Waals surface area contributed by atoms with Crippen molar-refractivity contribution in [2.24, 2.45) is 0 Å². The van der Waals surface area contributed by atoms with Gasteiger partial charge in [-0.2, -0.15) is 5.26 Å². The minimum atomic E-state index is -0.458. The Morgan fingerprint density at radius 3 is 2.50 bits per heavy atom. The van der Waals surface area contributed by atoms with Crippen molar-refractivity contribution in [3.8, 4) is 6.07 Å². The lowest BCUT2D eigenvalue weighted by Crippen LogP contribution is -2.37. The van der Waals surface area contributed by atoms with Crippen LogP contribution in [0.3, 0.4) is 0 Å². The largest absolute Gasteiger partial charge is 0.378 e.